The number of aliphatic carboxylic acids is 2. The highest BCUT2D eigenvalue weighted by molar-refractivity contribution is 5.73. The summed E-state index contributed by atoms with van der Waals surface area (Å²) in [6.07, 6.45) is -2.61. The molecule has 1 aromatic carbocycles. The van der Waals surface area contributed by atoms with Gasteiger partial charge in [0.05, 0.1) is 7.11 Å². The van der Waals surface area contributed by atoms with Crippen molar-refractivity contribution in [2.45, 2.75) is 18.9 Å². The summed E-state index contributed by atoms with van der Waals surface area (Å²) in [6, 6.07) is 8.32. The summed E-state index contributed by atoms with van der Waals surface area (Å²) in [5.41, 5.74) is 2.25. The number of piperazine rings is 1. The minimum atomic E-state index is -5.08. The zero-order valence-electron chi connectivity index (χ0n) is 19.8. The van der Waals surface area contributed by atoms with Gasteiger partial charge in [-0.25, -0.2) is 19.6 Å². The van der Waals surface area contributed by atoms with E-state index in [-0.39, 0.29) is 0 Å². The lowest BCUT2D eigenvalue weighted by Gasteiger charge is -2.35. The number of halogens is 6. The number of alkyl halides is 6. The molecular weight excluding hydrogens is 528 g/mol. The highest BCUT2D eigenvalue weighted by Gasteiger charge is 2.38. The Morgan fingerprint density at radius 2 is 1.34 bits per heavy atom. The summed E-state index contributed by atoms with van der Waals surface area (Å²) in [5.74, 6) is -3.63. The quantitative estimate of drug-likeness (QED) is 0.471. The fourth-order valence-electron chi connectivity index (χ4n) is 3.17. The van der Waals surface area contributed by atoms with Crippen LogP contribution in [0.1, 0.15) is 5.56 Å². The van der Waals surface area contributed by atoms with E-state index in [0.29, 0.717) is 0 Å². The number of carboxylic acid groups (broad SMARTS) is 2. The predicted octanol–water partition coefficient (Wildman–Crippen LogP) is 3.33. The monoisotopic (exact) mass is 551 g/mol. The molecule has 16 heteroatoms. The zero-order chi connectivity index (χ0) is 28.5. The van der Waals surface area contributed by atoms with Gasteiger partial charge in [-0.05, 0) is 17.7 Å². The molecule has 0 bridgehead atoms. The van der Waals surface area contributed by atoms with Crippen molar-refractivity contribution < 1.29 is 50.9 Å². The molecule has 1 fully saturated rings. The van der Waals surface area contributed by atoms with Crippen molar-refractivity contribution in [3.05, 3.63) is 54.6 Å². The molecule has 2 N–H and O–H groups in total. The zero-order valence-corrected chi connectivity index (χ0v) is 19.8. The Kier molecular flexibility index (Phi) is 10.3. The maximum Gasteiger partial charge on any atom is 0.490 e. The molecule has 1 saturated heterocycles. The molecule has 1 aliphatic heterocycles. The molecule has 0 unspecified atom stereocenters. The first-order chi connectivity index (χ1) is 17.7. The summed E-state index contributed by atoms with van der Waals surface area (Å²) < 4.78 is 70.7. The number of aromatic nitrogens is 3. The Balaban J connectivity index is 0.000000301. The van der Waals surface area contributed by atoms with Crippen LogP contribution in [0.15, 0.2) is 49.1 Å². The number of ether oxygens (including phenoxy) is 1. The number of carbonyl (C=O) groups is 2. The standard InChI is InChI=1S/C18H21N5O.2C2HF3O2/c1-24-16-4-2-15(3-5-16)14-21-10-12-23(13-11-21)18-17-19-6-8-22(17)9-7-20-18;2*3-2(4,5)1(6)7/h2-9H,10-14H2,1H3;2*(H,6,7). The Morgan fingerprint density at radius 3 is 1.79 bits per heavy atom. The van der Waals surface area contributed by atoms with Crippen molar-refractivity contribution in [1.82, 2.24) is 19.3 Å². The summed E-state index contributed by atoms with van der Waals surface area (Å²) in [5, 5.41) is 14.2. The largest absolute Gasteiger partial charge is 0.497 e. The van der Waals surface area contributed by atoms with Gasteiger partial charge < -0.3 is 24.3 Å². The second-order valence-corrected chi connectivity index (χ2v) is 7.63. The third-order valence-corrected chi connectivity index (χ3v) is 5.01. The molecular formula is C22H23F6N5O5. The van der Waals surface area contributed by atoms with Crippen LogP contribution in [0.2, 0.25) is 0 Å². The molecule has 2 aromatic heterocycles. The lowest BCUT2D eigenvalue weighted by Crippen LogP contribution is -2.46. The van der Waals surface area contributed by atoms with Gasteiger partial charge in [0.2, 0.25) is 0 Å². The smallest absolute Gasteiger partial charge is 0.490 e. The van der Waals surface area contributed by atoms with Crippen LogP contribution in [-0.4, -0.2) is 87.1 Å². The van der Waals surface area contributed by atoms with Crippen molar-refractivity contribution in [1.29, 1.82) is 0 Å². The van der Waals surface area contributed by atoms with Crippen LogP contribution in [0, 0.1) is 0 Å². The number of benzene rings is 1. The van der Waals surface area contributed by atoms with Gasteiger partial charge in [0.25, 0.3) is 0 Å². The molecule has 38 heavy (non-hydrogen) atoms. The number of methoxy groups -OCH3 is 1. The third kappa shape index (κ3) is 9.10. The second-order valence-electron chi connectivity index (χ2n) is 7.63. The van der Waals surface area contributed by atoms with E-state index >= 15 is 0 Å². The maximum atomic E-state index is 10.6. The van der Waals surface area contributed by atoms with Crippen molar-refractivity contribution in [3.63, 3.8) is 0 Å². The number of hydrogen-bond acceptors (Lipinski definition) is 7. The molecule has 0 aliphatic carbocycles. The minimum absolute atomic E-state index is 0.905. The molecule has 0 spiro atoms. The van der Waals surface area contributed by atoms with Crippen LogP contribution in [0.25, 0.3) is 5.65 Å². The van der Waals surface area contributed by atoms with Gasteiger partial charge in [0.15, 0.2) is 11.5 Å². The lowest BCUT2D eigenvalue weighted by atomic mass is 10.2. The molecule has 208 valence electrons. The number of rotatable bonds is 4. The molecule has 1 aliphatic rings. The Labute approximate surface area is 211 Å². The first-order valence-corrected chi connectivity index (χ1v) is 10.7. The summed E-state index contributed by atoms with van der Waals surface area (Å²) in [7, 11) is 1.70. The summed E-state index contributed by atoms with van der Waals surface area (Å²) >= 11 is 0. The van der Waals surface area contributed by atoms with Gasteiger partial charge >= 0.3 is 24.3 Å². The molecule has 10 nitrogen and oxygen atoms in total. The number of hydrogen-bond donors (Lipinski definition) is 2. The number of nitrogens with zero attached hydrogens (tertiary/aromatic N) is 5. The third-order valence-electron chi connectivity index (χ3n) is 5.01. The van der Waals surface area contributed by atoms with E-state index in [4.69, 9.17) is 24.5 Å². The van der Waals surface area contributed by atoms with E-state index in [1.807, 2.05) is 41.3 Å². The highest BCUT2D eigenvalue weighted by Crippen LogP contribution is 2.20. The van der Waals surface area contributed by atoms with Crippen molar-refractivity contribution in [3.8, 4) is 5.75 Å². The average molecular weight is 551 g/mol. The fraction of sp³-hybridized carbons (Fsp3) is 0.364. The van der Waals surface area contributed by atoms with E-state index in [1.54, 1.807) is 7.11 Å². The highest BCUT2D eigenvalue weighted by atomic mass is 19.4. The Hall–Kier alpha value is -4.08. The fourth-order valence-corrected chi connectivity index (χ4v) is 3.17. The van der Waals surface area contributed by atoms with Crippen LogP contribution in [-0.2, 0) is 16.1 Å². The number of anilines is 1. The first-order valence-electron chi connectivity index (χ1n) is 10.7. The van der Waals surface area contributed by atoms with E-state index in [1.165, 1.54) is 5.56 Å². The Bertz CT molecular complexity index is 1170. The van der Waals surface area contributed by atoms with E-state index in [0.717, 1.165) is 49.9 Å². The first kappa shape index (κ1) is 30.1. The van der Waals surface area contributed by atoms with Crippen LogP contribution < -0.4 is 9.64 Å². The molecule has 0 atom stereocenters. The SMILES string of the molecule is COc1ccc(CN2CCN(c3nccn4ccnc34)CC2)cc1.O=C(O)C(F)(F)F.O=C(O)C(F)(F)F. The van der Waals surface area contributed by atoms with Crippen molar-refractivity contribution in [2.75, 3.05) is 38.2 Å². The normalized spacial score (nSPS) is 14.1. The maximum absolute atomic E-state index is 10.6. The molecule has 3 heterocycles. The summed E-state index contributed by atoms with van der Waals surface area (Å²) in [6.45, 7) is 4.95. The molecule has 0 saturated carbocycles. The van der Waals surface area contributed by atoms with Gasteiger partial charge in [-0.1, -0.05) is 12.1 Å². The van der Waals surface area contributed by atoms with Crippen molar-refractivity contribution >= 4 is 23.4 Å². The van der Waals surface area contributed by atoms with Gasteiger partial charge in [0, 0.05) is 57.5 Å². The van der Waals surface area contributed by atoms with E-state index in [2.05, 4.69) is 31.9 Å². The molecule has 3 aromatic rings. The van der Waals surface area contributed by atoms with Crippen LogP contribution >= 0.6 is 0 Å². The number of imidazole rings is 1. The van der Waals surface area contributed by atoms with Crippen LogP contribution in [0.5, 0.6) is 5.75 Å². The second kappa shape index (κ2) is 12.9. The topological polar surface area (TPSA) is 121 Å². The molecule has 0 radical (unpaired) electrons. The van der Waals surface area contributed by atoms with E-state index < -0.39 is 24.3 Å². The summed E-state index contributed by atoms with van der Waals surface area (Å²) in [4.78, 5) is 31.6. The lowest BCUT2D eigenvalue weighted by molar-refractivity contribution is -0.193. The van der Waals surface area contributed by atoms with Gasteiger partial charge in [-0.3, -0.25) is 4.90 Å². The van der Waals surface area contributed by atoms with Gasteiger partial charge in [0.1, 0.15) is 5.75 Å². The Morgan fingerprint density at radius 1 is 0.868 bits per heavy atom. The number of fused-ring (bicyclic) bond motifs is 1. The van der Waals surface area contributed by atoms with E-state index in [9.17, 15) is 26.3 Å². The van der Waals surface area contributed by atoms with Crippen molar-refractivity contribution in [2.24, 2.45) is 0 Å². The predicted molar refractivity (Wildman–Crippen MR) is 121 cm³/mol. The van der Waals surface area contributed by atoms with Gasteiger partial charge in [-0.2, -0.15) is 26.3 Å². The number of carboxylic acids is 2. The van der Waals surface area contributed by atoms with Crippen LogP contribution in [0.4, 0.5) is 32.2 Å². The molecule has 4 rings (SSSR count). The molecule has 0 amide bonds. The van der Waals surface area contributed by atoms with Crippen LogP contribution in [0.3, 0.4) is 0 Å². The average Bonchev–Trinajstić information content (AvgIpc) is 3.34. The minimum Gasteiger partial charge on any atom is -0.497 e. The van der Waals surface area contributed by atoms with Gasteiger partial charge in [-0.15, -0.1) is 0 Å².